The van der Waals surface area contributed by atoms with Crippen molar-refractivity contribution in [2.24, 2.45) is 5.73 Å². The van der Waals surface area contributed by atoms with Crippen molar-refractivity contribution in [1.29, 1.82) is 0 Å². The van der Waals surface area contributed by atoms with Gasteiger partial charge in [0.25, 0.3) is 0 Å². The molecule has 1 saturated heterocycles. The van der Waals surface area contributed by atoms with Gasteiger partial charge in [0.2, 0.25) is 0 Å². The molecule has 0 aliphatic carbocycles. The molecule has 1 fully saturated rings. The summed E-state index contributed by atoms with van der Waals surface area (Å²) < 4.78 is 5.12. The minimum absolute atomic E-state index is 0.197. The maximum atomic E-state index is 11.9. The molecule has 3 rings (SSSR count). The second-order valence-corrected chi connectivity index (χ2v) is 6.23. The number of amides is 2. The fourth-order valence-corrected chi connectivity index (χ4v) is 3.21. The zero-order valence-electron chi connectivity index (χ0n) is 16.0. The molecule has 6 nitrogen and oxygen atoms in total. The molecule has 2 amide bonds. The van der Waals surface area contributed by atoms with Crippen LogP contribution < -0.4 is 5.73 Å². The van der Waals surface area contributed by atoms with Gasteiger partial charge in [0.05, 0.1) is 6.61 Å². The van der Waals surface area contributed by atoms with E-state index in [1.54, 1.807) is 4.90 Å². The summed E-state index contributed by atoms with van der Waals surface area (Å²) in [5, 5.41) is 7.19. The molecule has 0 aromatic heterocycles. The monoisotopic (exact) mass is 382 g/mol. The number of likely N-dealkylation sites (tertiary alicyclic amines) is 1. The molecule has 1 aliphatic heterocycles. The Balaban J connectivity index is 0.000000640. The van der Waals surface area contributed by atoms with Crippen LogP contribution >= 0.6 is 0 Å². The standard InChI is InChI=1S/C21H23NO2.CH3NO2/c1-2-24-21(23)22-15-13-19(14-16-22)20(17-9-5-3-6-10-17)18-11-7-4-8-12-18;2-1(3)4/h3-12H,2,13-16H2,1H3;2H2,(H,3,4). The highest BCUT2D eigenvalue weighted by molar-refractivity contribution is 5.82. The van der Waals surface area contributed by atoms with Gasteiger partial charge in [-0.2, -0.15) is 0 Å². The molecule has 0 bridgehead atoms. The van der Waals surface area contributed by atoms with Crippen LogP contribution in [0.4, 0.5) is 9.59 Å². The summed E-state index contributed by atoms with van der Waals surface area (Å²) >= 11 is 0. The molecule has 148 valence electrons. The first-order valence-electron chi connectivity index (χ1n) is 9.25. The molecule has 1 heterocycles. The highest BCUT2D eigenvalue weighted by Crippen LogP contribution is 2.32. The van der Waals surface area contributed by atoms with E-state index in [1.807, 2.05) is 19.1 Å². The van der Waals surface area contributed by atoms with E-state index in [4.69, 9.17) is 14.6 Å². The molecule has 0 saturated carbocycles. The van der Waals surface area contributed by atoms with Gasteiger partial charge in [-0.15, -0.1) is 0 Å². The summed E-state index contributed by atoms with van der Waals surface area (Å²) in [7, 11) is 0. The van der Waals surface area contributed by atoms with Crippen molar-refractivity contribution >= 4 is 17.8 Å². The van der Waals surface area contributed by atoms with Crippen LogP contribution in [-0.4, -0.2) is 41.9 Å². The zero-order valence-corrected chi connectivity index (χ0v) is 16.0. The molecule has 6 heteroatoms. The fourth-order valence-electron chi connectivity index (χ4n) is 3.21. The van der Waals surface area contributed by atoms with Crippen LogP contribution in [0.1, 0.15) is 30.9 Å². The first-order chi connectivity index (χ1) is 13.5. The number of ether oxygens (including phenoxy) is 1. The van der Waals surface area contributed by atoms with Crippen LogP contribution in [0.15, 0.2) is 66.2 Å². The Hall–Kier alpha value is -3.28. The van der Waals surface area contributed by atoms with Crippen molar-refractivity contribution < 1.29 is 19.4 Å². The molecular weight excluding hydrogens is 356 g/mol. The Morgan fingerprint density at radius 3 is 1.79 bits per heavy atom. The van der Waals surface area contributed by atoms with Gasteiger partial charge in [0.1, 0.15) is 0 Å². The van der Waals surface area contributed by atoms with Gasteiger partial charge in [-0.3, -0.25) is 0 Å². The van der Waals surface area contributed by atoms with Gasteiger partial charge in [0.15, 0.2) is 0 Å². The number of nitrogens with two attached hydrogens (primary N) is 1. The second kappa shape index (κ2) is 10.8. The summed E-state index contributed by atoms with van der Waals surface area (Å²) in [6, 6.07) is 21.0. The van der Waals surface area contributed by atoms with E-state index in [0.29, 0.717) is 6.61 Å². The number of piperidine rings is 1. The summed E-state index contributed by atoms with van der Waals surface area (Å²) in [6.07, 6.45) is 0.244. The summed E-state index contributed by atoms with van der Waals surface area (Å²) in [5.41, 5.74) is 9.22. The Morgan fingerprint density at radius 2 is 1.39 bits per heavy atom. The number of carbonyl (C=O) groups excluding carboxylic acids is 1. The van der Waals surface area contributed by atoms with Gasteiger partial charge < -0.3 is 20.5 Å². The number of primary amides is 1. The lowest BCUT2D eigenvalue weighted by Gasteiger charge is -2.29. The largest absolute Gasteiger partial charge is 0.465 e. The normalized spacial score (nSPS) is 13.2. The van der Waals surface area contributed by atoms with E-state index in [2.05, 4.69) is 54.3 Å². The molecule has 2 aromatic rings. The lowest BCUT2D eigenvalue weighted by molar-refractivity contribution is 0.104. The van der Waals surface area contributed by atoms with E-state index < -0.39 is 6.09 Å². The molecule has 0 spiro atoms. The average molecular weight is 382 g/mol. The molecular formula is C22H26N2O4. The highest BCUT2D eigenvalue weighted by atomic mass is 16.6. The number of hydrogen-bond donors (Lipinski definition) is 2. The highest BCUT2D eigenvalue weighted by Gasteiger charge is 2.22. The van der Waals surface area contributed by atoms with Gasteiger partial charge in [-0.1, -0.05) is 66.2 Å². The van der Waals surface area contributed by atoms with E-state index in [0.717, 1.165) is 25.9 Å². The predicted octanol–water partition coefficient (Wildman–Crippen LogP) is 4.36. The van der Waals surface area contributed by atoms with E-state index in [9.17, 15) is 4.79 Å². The van der Waals surface area contributed by atoms with Gasteiger partial charge in [0, 0.05) is 13.1 Å². The van der Waals surface area contributed by atoms with Crippen LogP contribution in [0.5, 0.6) is 0 Å². The average Bonchev–Trinajstić information content (AvgIpc) is 2.70. The molecule has 2 aromatic carbocycles. The lowest BCUT2D eigenvalue weighted by Crippen LogP contribution is -2.37. The fraction of sp³-hybridized carbons (Fsp3) is 0.273. The Morgan fingerprint density at radius 1 is 0.964 bits per heavy atom. The number of carboxylic acid groups (broad SMARTS) is 1. The second-order valence-electron chi connectivity index (χ2n) is 6.23. The minimum Gasteiger partial charge on any atom is -0.465 e. The van der Waals surface area contributed by atoms with Crippen molar-refractivity contribution in [2.45, 2.75) is 19.8 Å². The van der Waals surface area contributed by atoms with Gasteiger partial charge >= 0.3 is 12.2 Å². The Kier molecular flexibility index (Phi) is 8.09. The van der Waals surface area contributed by atoms with Crippen molar-refractivity contribution in [3.05, 3.63) is 77.4 Å². The Labute approximate surface area is 165 Å². The number of carbonyl (C=O) groups is 2. The molecule has 0 radical (unpaired) electrons. The lowest BCUT2D eigenvalue weighted by atomic mass is 9.88. The van der Waals surface area contributed by atoms with Gasteiger partial charge in [-0.25, -0.2) is 9.59 Å². The zero-order chi connectivity index (χ0) is 20.4. The third-order valence-corrected chi connectivity index (χ3v) is 4.37. The number of hydrogen-bond acceptors (Lipinski definition) is 3. The summed E-state index contributed by atoms with van der Waals surface area (Å²) in [6.45, 7) is 3.71. The minimum atomic E-state index is -1.33. The third kappa shape index (κ3) is 6.16. The van der Waals surface area contributed by atoms with Gasteiger partial charge in [-0.05, 0) is 36.5 Å². The SMILES string of the molecule is CCOC(=O)N1CCC(=C(c2ccccc2)c2ccccc2)CC1.NC(=O)O. The number of rotatable bonds is 3. The topological polar surface area (TPSA) is 92.9 Å². The number of benzene rings is 2. The van der Waals surface area contributed by atoms with Crippen molar-refractivity contribution in [2.75, 3.05) is 19.7 Å². The quantitative estimate of drug-likeness (QED) is 0.825. The molecule has 1 aliphatic rings. The van der Waals surface area contributed by atoms with E-state index in [1.165, 1.54) is 22.3 Å². The molecule has 0 unspecified atom stereocenters. The van der Waals surface area contributed by atoms with Crippen LogP contribution in [-0.2, 0) is 4.74 Å². The Bertz CT molecular complexity index is 748. The first kappa shape index (κ1) is 21.0. The maximum Gasteiger partial charge on any atom is 0.409 e. The van der Waals surface area contributed by atoms with E-state index in [-0.39, 0.29) is 6.09 Å². The predicted molar refractivity (Wildman–Crippen MR) is 109 cm³/mol. The van der Waals surface area contributed by atoms with E-state index >= 15 is 0 Å². The van der Waals surface area contributed by atoms with Crippen molar-refractivity contribution in [1.82, 2.24) is 4.90 Å². The molecule has 0 atom stereocenters. The number of nitrogens with zero attached hydrogens (tertiary/aromatic N) is 1. The molecule has 3 N–H and O–H groups in total. The van der Waals surface area contributed by atoms with Crippen molar-refractivity contribution in [3.63, 3.8) is 0 Å². The maximum absolute atomic E-state index is 11.9. The summed E-state index contributed by atoms with van der Waals surface area (Å²) in [4.78, 5) is 22.5. The first-order valence-corrected chi connectivity index (χ1v) is 9.25. The van der Waals surface area contributed by atoms with Crippen LogP contribution in [0.3, 0.4) is 0 Å². The van der Waals surface area contributed by atoms with Crippen molar-refractivity contribution in [3.8, 4) is 0 Å². The smallest absolute Gasteiger partial charge is 0.409 e. The van der Waals surface area contributed by atoms with Crippen LogP contribution in [0.2, 0.25) is 0 Å². The third-order valence-electron chi connectivity index (χ3n) is 4.37. The van der Waals surface area contributed by atoms with Crippen LogP contribution in [0, 0.1) is 0 Å². The molecule has 28 heavy (non-hydrogen) atoms. The van der Waals surface area contributed by atoms with Crippen LogP contribution in [0.25, 0.3) is 5.57 Å². The summed E-state index contributed by atoms with van der Waals surface area (Å²) in [5.74, 6) is 0.